The maximum absolute atomic E-state index is 12.4. The van der Waals surface area contributed by atoms with Crippen molar-refractivity contribution in [1.29, 1.82) is 0 Å². The van der Waals surface area contributed by atoms with Crippen LogP contribution in [0.25, 0.3) is 6.08 Å². The Labute approximate surface area is 138 Å². The SMILES string of the molecule is O=C(/C=C\c1ccccc1)N1CCCN(C[C@H]2CCCO2)CC1. The number of rotatable bonds is 4. The van der Waals surface area contributed by atoms with Gasteiger partial charge in [0.25, 0.3) is 0 Å². The van der Waals surface area contributed by atoms with E-state index in [0.29, 0.717) is 6.10 Å². The van der Waals surface area contributed by atoms with E-state index >= 15 is 0 Å². The average Bonchev–Trinajstić information content (AvgIpc) is 2.98. The summed E-state index contributed by atoms with van der Waals surface area (Å²) in [7, 11) is 0. The normalized spacial score (nSPS) is 23.3. The lowest BCUT2D eigenvalue weighted by Crippen LogP contribution is -2.37. The third-order valence-electron chi connectivity index (χ3n) is 4.60. The van der Waals surface area contributed by atoms with Crippen LogP contribution in [-0.2, 0) is 9.53 Å². The molecule has 2 aliphatic rings. The van der Waals surface area contributed by atoms with Crippen molar-refractivity contribution in [3.05, 3.63) is 42.0 Å². The van der Waals surface area contributed by atoms with E-state index in [0.717, 1.165) is 51.3 Å². The third kappa shape index (κ3) is 4.91. The van der Waals surface area contributed by atoms with E-state index in [9.17, 15) is 4.79 Å². The molecule has 3 rings (SSSR count). The summed E-state index contributed by atoms with van der Waals surface area (Å²) < 4.78 is 5.72. The molecule has 1 atom stereocenters. The summed E-state index contributed by atoms with van der Waals surface area (Å²) in [5, 5.41) is 0. The van der Waals surface area contributed by atoms with Gasteiger partial charge in [-0.3, -0.25) is 9.69 Å². The number of carbonyl (C=O) groups is 1. The van der Waals surface area contributed by atoms with E-state index in [1.54, 1.807) is 6.08 Å². The fraction of sp³-hybridized carbons (Fsp3) is 0.526. The summed E-state index contributed by atoms with van der Waals surface area (Å²) >= 11 is 0. The maximum atomic E-state index is 12.4. The second-order valence-electron chi connectivity index (χ2n) is 6.36. The molecule has 4 heteroatoms. The predicted octanol–water partition coefficient (Wildman–Crippen LogP) is 2.41. The van der Waals surface area contributed by atoms with Crippen molar-refractivity contribution in [1.82, 2.24) is 9.80 Å². The Morgan fingerprint density at radius 3 is 2.78 bits per heavy atom. The average molecular weight is 314 g/mol. The molecule has 0 unspecified atom stereocenters. The molecule has 124 valence electrons. The molecule has 1 amide bonds. The number of amides is 1. The van der Waals surface area contributed by atoms with E-state index in [2.05, 4.69) is 4.90 Å². The number of benzene rings is 1. The molecule has 0 radical (unpaired) electrons. The van der Waals surface area contributed by atoms with E-state index in [1.165, 1.54) is 12.8 Å². The van der Waals surface area contributed by atoms with E-state index < -0.39 is 0 Å². The monoisotopic (exact) mass is 314 g/mol. The minimum absolute atomic E-state index is 0.118. The summed E-state index contributed by atoms with van der Waals surface area (Å²) in [6, 6.07) is 9.97. The first-order valence-corrected chi connectivity index (χ1v) is 8.67. The molecule has 0 aliphatic carbocycles. The van der Waals surface area contributed by atoms with Crippen molar-refractivity contribution in [3.8, 4) is 0 Å². The minimum Gasteiger partial charge on any atom is -0.377 e. The minimum atomic E-state index is 0.118. The van der Waals surface area contributed by atoms with Crippen LogP contribution in [0, 0.1) is 0 Å². The molecular formula is C19H26N2O2. The largest absolute Gasteiger partial charge is 0.377 e. The van der Waals surface area contributed by atoms with Crippen molar-refractivity contribution in [3.63, 3.8) is 0 Å². The lowest BCUT2D eigenvalue weighted by molar-refractivity contribution is -0.125. The molecule has 23 heavy (non-hydrogen) atoms. The molecule has 0 bridgehead atoms. The van der Waals surface area contributed by atoms with Gasteiger partial charge in [-0.25, -0.2) is 0 Å². The molecule has 1 aromatic carbocycles. The van der Waals surface area contributed by atoms with Gasteiger partial charge in [-0.05, 0) is 37.4 Å². The number of hydrogen-bond acceptors (Lipinski definition) is 3. The molecule has 2 fully saturated rings. The Kier molecular flexibility index (Phi) is 5.83. The maximum Gasteiger partial charge on any atom is 0.246 e. The standard InChI is InChI=1S/C19H26N2O2/c22-19(10-9-17-6-2-1-3-7-17)21-12-5-11-20(13-14-21)16-18-8-4-15-23-18/h1-3,6-7,9-10,18H,4-5,8,11-16H2/b10-9-/t18-/m1/s1. The summed E-state index contributed by atoms with van der Waals surface area (Å²) in [6.45, 7) is 5.59. The fourth-order valence-corrected chi connectivity index (χ4v) is 3.29. The molecule has 2 aliphatic heterocycles. The highest BCUT2D eigenvalue weighted by Crippen LogP contribution is 2.15. The summed E-state index contributed by atoms with van der Waals surface area (Å²) in [5.74, 6) is 0.118. The first kappa shape index (κ1) is 16.2. The van der Waals surface area contributed by atoms with Crippen molar-refractivity contribution in [2.24, 2.45) is 0 Å². The van der Waals surface area contributed by atoms with Crippen LogP contribution in [0.5, 0.6) is 0 Å². The lowest BCUT2D eigenvalue weighted by Gasteiger charge is -2.23. The van der Waals surface area contributed by atoms with Crippen LogP contribution < -0.4 is 0 Å². The topological polar surface area (TPSA) is 32.8 Å². The van der Waals surface area contributed by atoms with Gasteiger partial charge >= 0.3 is 0 Å². The van der Waals surface area contributed by atoms with Gasteiger partial charge in [0.2, 0.25) is 5.91 Å². The molecule has 0 spiro atoms. The van der Waals surface area contributed by atoms with Crippen LogP contribution in [0.2, 0.25) is 0 Å². The molecule has 0 aromatic heterocycles. The summed E-state index contributed by atoms with van der Waals surface area (Å²) in [6.07, 6.45) is 7.40. The van der Waals surface area contributed by atoms with Gasteiger partial charge in [-0.15, -0.1) is 0 Å². The van der Waals surface area contributed by atoms with Gasteiger partial charge in [0.15, 0.2) is 0 Å². The van der Waals surface area contributed by atoms with Gasteiger partial charge < -0.3 is 9.64 Å². The number of ether oxygens (including phenoxy) is 1. The third-order valence-corrected chi connectivity index (χ3v) is 4.60. The Bertz CT molecular complexity index is 523. The Morgan fingerprint density at radius 1 is 1.13 bits per heavy atom. The Balaban J connectivity index is 1.49. The van der Waals surface area contributed by atoms with Crippen LogP contribution in [0.1, 0.15) is 24.8 Å². The van der Waals surface area contributed by atoms with Gasteiger partial charge in [0, 0.05) is 38.9 Å². The highest BCUT2D eigenvalue weighted by Gasteiger charge is 2.22. The zero-order valence-electron chi connectivity index (χ0n) is 13.7. The quantitative estimate of drug-likeness (QED) is 0.800. The molecule has 1 aromatic rings. The molecule has 2 saturated heterocycles. The number of hydrogen-bond donors (Lipinski definition) is 0. The Morgan fingerprint density at radius 2 is 2.00 bits per heavy atom. The van der Waals surface area contributed by atoms with Gasteiger partial charge in [-0.1, -0.05) is 30.3 Å². The predicted molar refractivity (Wildman–Crippen MR) is 92.1 cm³/mol. The number of carbonyl (C=O) groups excluding carboxylic acids is 1. The van der Waals surface area contributed by atoms with Gasteiger partial charge in [0.05, 0.1) is 6.10 Å². The van der Waals surface area contributed by atoms with Gasteiger partial charge in [-0.2, -0.15) is 0 Å². The molecule has 0 saturated carbocycles. The van der Waals surface area contributed by atoms with Crippen molar-refractivity contribution in [2.45, 2.75) is 25.4 Å². The zero-order valence-corrected chi connectivity index (χ0v) is 13.7. The van der Waals surface area contributed by atoms with Crippen molar-refractivity contribution < 1.29 is 9.53 Å². The van der Waals surface area contributed by atoms with E-state index in [4.69, 9.17) is 4.74 Å². The lowest BCUT2D eigenvalue weighted by atomic mass is 10.2. The molecular weight excluding hydrogens is 288 g/mol. The van der Waals surface area contributed by atoms with Gasteiger partial charge in [0.1, 0.15) is 0 Å². The number of nitrogens with zero attached hydrogens (tertiary/aromatic N) is 2. The molecule has 4 nitrogen and oxygen atoms in total. The van der Waals surface area contributed by atoms with Crippen molar-refractivity contribution >= 4 is 12.0 Å². The van der Waals surface area contributed by atoms with E-state index in [1.807, 2.05) is 41.3 Å². The second kappa shape index (κ2) is 8.27. The first-order chi connectivity index (χ1) is 11.3. The summed E-state index contributed by atoms with van der Waals surface area (Å²) in [5.41, 5.74) is 1.07. The van der Waals surface area contributed by atoms with Crippen LogP contribution in [-0.4, -0.2) is 61.1 Å². The molecule has 2 heterocycles. The highest BCUT2D eigenvalue weighted by molar-refractivity contribution is 5.91. The fourth-order valence-electron chi connectivity index (χ4n) is 3.29. The van der Waals surface area contributed by atoms with Crippen molar-refractivity contribution in [2.75, 3.05) is 39.3 Å². The second-order valence-corrected chi connectivity index (χ2v) is 6.36. The van der Waals surface area contributed by atoms with Crippen LogP contribution >= 0.6 is 0 Å². The zero-order chi connectivity index (χ0) is 15.9. The van der Waals surface area contributed by atoms with Crippen LogP contribution in [0.15, 0.2) is 36.4 Å². The Hall–Kier alpha value is -1.65. The first-order valence-electron chi connectivity index (χ1n) is 8.67. The van der Waals surface area contributed by atoms with Crippen LogP contribution in [0.4, 0.5) is 0 Å². The van der Waals surface area contributed by atoms with Crippen LogP contribution in [0.3, 0.4) is 0 Å². The molecule has 0 N–H and O–H groups in total. The highest BCUT2D eigenvalue weighted by atomic mass is 16.5. The summed E-state index contributed by atoms with van der Waals surface area (Å²) in [4.78, 5) is 16.8. The smallest absolute Gasteiger partial charge is 0.246 e. The van der Waals surface area contributed by atoms with E-state index in [-0.39, 0.29) is 5.91 Å².